The number of hydrogen-bond acceptors (Lipinski definition) is 2. The maximum Gasteiger partial charge on any atom is 0.226 e. The second kappa shape index (κ2) is 5.30. The van der Waals surface area contributed by atoms with Crippen molar-refractivity contribution < 1.29 is 4.79 Å². The third kappa shape index (κ3) is 2.17. The van der Waals surface area contributed by atoms with Crippen LogP contribution in [0.25, 0.3) is 22.0 Å². The van der Waals surface area contributed by atoms with E-state index in [0.717, 1.165) is 47.1 Å². The molecular formula is C18H17N3O. The van der Waals surface area contributed by atoms with Gasteiger partial charge in [0.2, 0.25) is 5.91 Å². The van der Waals surface area contributed by atoms with Gasteiger partial charge in [0.15, 0.2) is 0 Å². The fraction of sp³-hybridized carbons (Fsp3) is 0.222. The smallest absolute Gasteiger partial charge is 0.226 e. The number of hydrogen-bond donors (Lipinski definition) is 1. The SMILES string of the molecule is O=C1CCCCN1c1cccc(-c2cccc3[nH]ncc23)c1. The highest BCUT2D eigenvalue weighted by Crippen LogP contribution is 2.31. The van der Waals surface area contributed by atoms with E-state index in [1.165, 1.54) is 0 Å². The molecule has 2 aromatic carbocycles. The highest BCUT2D eigenvalue weighted by Gasteiger charge is 2.19. The lowest BCUT2D eigenvalue weighted by atomic mass is 10.0. The van der Waals surface area contributed by atoms with Gasteiger partial charge in [-0.25, -0.2) is 0 Å². The predicted molar refractivity (Wildman–Crippen MR) is 87.7 cm³/mol. The monoisotopic (exact) mass is 291 g/mol. The molecule has 1 fully saturated rings. The van der Waals surface area contributed by atoms with Gasteiger partial charge in [0.05, 0.1) is 11.7 Å². The van der Waals surface area contributed by atoms with Crippen LogP contribution < -0.4 is 4.90 Å². The molecule has 0 spiro atoms. The number of anilines is 1. The first kappa shape index (κ1) is 13.1. The standard InChI is InChI=1S/C18H17N3O/c22-18-9-1-2-10-21(18)14-6-3-5-13(11-14)15-7-4-8-17-16(15)12-19-20-17/h3-8,11-12H,1-2,9-10H2,(H,19,20). The molecule has 1 aromatic heterocycles. The van der Waals surface area contributed by atoms with Gasteiger partial charge in [-0.2, -0.15) is 5.10 Å². The number of nitrogens with one attached hydrogen (secondary N) is 1. The average molecular weight is 291 g/mol. The number of aromatic nitrogens is 2. The van der Waals surface area contributed by atoms with Crippen LogP contribution in [0, 0.1) is 0 Å². The van der Waals surface area contributed by atoms with Crippen LogP contribution in [0.3, 0.4) is 0 Å². The van der Waals surface area contributed by atoms with Crippen LogP contribution in [0.4, 0.5) is 5.69 Å². The summed E-state index contributed by atoms with van der Waals surface area (Å²) < 4.78 is 0. The molecular weight excluding hydrogens is 274 g/mol. The number of piperidine rings is 1. The molecule has 0 bridgehead atoms. The van der Waals surface area contributed by atoms with Crippen molar-refractivity contribution in [1.29, 1.82) is 0 Å². The molecule has 4 heteroatoms. The molecule has 0 saturated carbocycles. The van der Waals surface area contributed by atoms with E-state index in [2.05, 4.69) is 28.4 Å². The molecule has 0 radical (unpaired) electrons. The van der Waals surface area contributed by atoms with E-state index in [-0.39, 0.29) is 5.91 Å². The first-order valence-electron chi connectivity index (χ1n) is 7.66. The van der Waals surface area contributed by atoms with Crippen LogP contribution >= 0.6 is 0 Å². The Labute approximate surface area is 128 Å². The number of carbonyl (C=O) groups excluding carboxylic acids is 1. The summed E-state index contributed by atoms with van der Waals surface area (Å²) in [5.41, 5.74) is 4.26. The van der Waals surface area contributed by atoms with E-state index < -0.39 is 0 Å². The number of aromatic amines is 1. The quantitative estimate of drug-likeness (QED) is 0.781. The van der Waals surface area contributed by atoms with Crippen LogP contribution in [0.15, 0.2) is 48.7 Å². The maximum atomic E-state index is 12.1. The molecule has 2 heterocycles. The van der Waals surface area contributed by atoms with Crippen molar-refractivity contribution in [3.05, 3.63) is 48.7 Å². The first-order chi connectivity index (χ1) is 10.8. The molecule has 110 valence electrons. The summed E-state index contributed by atoms with van der Waals surface area (Å²) in [7, 11) is 0. The first-order valence-corrected chi connectivity index (χ1v) is 7.66. The van der Waals surface area contributed by atoms with Crippen molar-refractivity contribution in [1.82, 2.24) is 10.2 Å². The minimum Gasteiger partial charge on any atom is -0.312 e. The summed E-state index contributed by atoms with van der Waals surface area (Å²) in [5.74, 6) is 0.227. The van der Waals surface area contributed by atoms with Crippen molar-refractivity contribution in [3.8, 4) is 11.1 Å². The fourth-order valence-electron chi connectivity index (χ4n) is 3.14. The van der Waals surface area contributed by atoms with Crippen molar-refractivity contribution in [2.24, 2.45) is 0 Å². The summed E-state index contributed by atoms with van der Waals surface area (Å²) in [4.78, 5) is 14.0. The molecule has 3 aromatic rings. The molecule has 0 atom stereocenters. The number of rotatable bonds is 2. The Kier molecular flexibility index (Phi) is 3.15. The zero-order valence-electron chi connectivity index (χ0n) is 12.2. The number of nitrogens with zero attached hydrogens (tertiary/aromatic N) is 2. The molecule has 0 aliphatic carbocycles. The van der Waals surface area contributed by atoms with Crippen LogP contribution in [0.1, 0.15) is 19.3 Å². The van der Waals surface area contributed by atoms with Gasteiger partial charge in [0.25, 0.3) is 0 Å². The Hall–Kier alpha value is -2.62. The normalized spacial score (nSPS) is 15.5. The Morgan fingerprint density at radius 1 is 1.09 bits per heavy atom. The number of carbonyl (C=O) groups is 1. The van der Waals surface area contributed by atoms with Gasteiger partial charge in [-0.3, -0.25) is 9.89 Å². The van der Waals surface area contributed by atoms with Gasteiger partial charge in [0.1, 0.15) is 0 Å². The molecule has 1 N–H and O–H groups in total. The van der Waals surface area contributed by atoms with E-state index in [0.29, 0.717) is 6.42 Å². The second-order valence-electron chi connectivity index (χ2n) is 5.69. The van der Waals surface area contributed by atoms with Gasteiger partial charge in [-0.15, -0.1) is 0 Å². The zero-order chi connectivity index (χ0) is 14.9. The van der Waals surface area contributed by atoms with Crippen LogP contribution in [-0.4, -0.2) is 22.6 Å². The molecule has 1 saturated heterocycles. The highest BCUT2D eigenvalue weighted by molar-refractivity contribution is 5.97. The number of benzene rings is 2. The van der Waals surface area contributed by atoms with Crippen molar-refractivity contribution >= 4 is 22.5 Å². The van der Waals surface area contributed by atoms with E-state index in [1.807, 2.05) is 35.4 Å². The van der Waals surface area contributed by atoms with Crippen molar-refractivity contribution in [2.45, 2.75) is 19.3 Å². The topological polar surface area (TPSA) is 49.0 Å². The number of H-pyrrole nitrogens is 1. The average Bonchev–Trinajstić information content (AvgIpc) is 3.04. The van der Waals surface area contributed by atoms with Gasteiger partial charge in [-0.1, -0.05) is 24.3 Å². The van der Waals surface area contributed by atoms with E-state index in [4.69, 9.17) is 0 Å². The molecule has 22 heavy (non-hydrogen) atoms. The molecule has 0 unspecified atom stereocenters. The highest BCUT2D eigenvalue weighted by atomic mass is 16.2. The van der Waals surface area contributed by atoms with E-state index >= 15 is 0 Å². The lowest BCUT2D eigenvalue weighted by Gasteiger charge is -2.27. The van der Waals surface area contributed by atoms with Crippen LogP contribution in [0.2, 0.25) is 0 Å². The molecule has 4 nitrogen and oxygen atoms in total. The summed E-state index contributed by atoms with van der Waals surface area (Å²) >= 11 is 0. The summed E-state index contributed by atoms with van der Waals surface area (Å²) in [5, 5.41) is 8.22. The summed E-state index contributed by atoms with van der Waals surface area (Å²) in [6.07, 6.45) is 4.58. The lowest BCUT2D eigenvalue weighted by Crippen LogP contribution is -2.35. The Balaban J connectivity index is 1.79. The minimum atomic E-state index is 0.227. The second-order valence-corrected chi connectivity index (χ2v) is 5.69. The molecule has 1 aliphatic heterocycles. The Morgan fingerprint density at radius 2 is 2.00 bits per heavy atom. The number of amides is 1. The van der Waals surface area contributed by atoms with Gasteiger partial charge >= 0.3 is 0 Å². The predicted octanol–water partition coefficient (Wildman–Crippen LogP) is 3.75. The molecule has 4 rings (SSSR count). The van der Waals surface area contributed by atoms with E-state index in [9.17, 15) is 4.79 Å². The van der Waals surface area contributed by atoms with Gasteiger partial charge in [0, 0.05) is 24.0 Å². The van der Waals surface area contributed by atoms with Crippen LogP contribution in [-0.2, 0) is 4.79 Å². The largest absolute Gasteiger partial charge is 0.312 e. The Morgan fingerprint density at radius 3 is 2.91 bits per heavy atom. The lowest BCUT2D eigenvalue weighted by molar-refractivity contribution is -0.119. The van der Waals surface area contributed by atoms with E-state index in [1.54, 1.807) is 0 Å². The van der Waals surface area contributed by atoms with Crippen LogP contribution in [0.5, 0.6) is 0 Å². The summed E-state index contributed by atoms with van der Waals surface area (Å²) in [6, 6.07) is 14.4. The van der Waals surface area contributed by atoms with Gasteiger partial charge < -0.3 is 4.90 Å². The summed E-state index contributed by atoms with van der Waals surface area (Å²) in [6.45, 7) is 0.818. The third-order valence-corrected chi connectivity index (χ3v) is 4.28. The number of fused-ring (bicyclic) bond motifs is 1. The van der Waals surface area contributed by atoms with Crippen molar-refractivity contribution in [2.75, 3.05) is 11.4 Å². The third-order valence-electron chi connectivity index (χ3n) is 4.28. The van der Waals surface area contributed by atoms with Gasteiger partial charge in [-0.05, 0) is 42.2 Å². The fourth-order valence-corrected chi connectivity index (χ4v) is 3.14. The Bertz CT molecular complexity index is 837. The zero-order valence-corrected chi connectivity index (χ0v) is 12.2. The maximum absolute atomic E-state index is 12.1. The minimum absolute atomic E-state index is 0.227. The molecule has 1 aliphatic rings. The van der Waals surface area contributed by atoms with Crippen molar-refractivity contribution in [3.63, 3.8) is 0 Å². The molecule has 1 amide bonds.